The van der Waals surface area contributed by atoms with Crippen LogP contribution in [-0.2, 0) is 4.74 Å². The van der Waals surface area contributed by atoms with Crippen molar-refractivity contribution in [2.45, 2.75) is 32.3 Å². The summed E-state index contributed by atoms with van der Waals surface area (Å²) in [6, 6.07) is 4.20. The largest absolute Gasteiger partial charge is 0.378 e. The van der Waals surface area contributed by atoms with Gasteiger partial charge in [-0.3, -0.25) is 4.79 Å². The van der Waals surface area contributed by atoms with Crippen molar-refractivity contribution in [1.29, 1.82) is 0 Å². The van der Waals surface area contributed by atoms with Gasteiger partial charge in [-0.2, -0.15) is 0 Å². The molecule has 5 heteroatoms. The number of rotatable bonds is 6. The van der Waals surface area contributed by atoms with Gasteiger partial charge in [-0.25, -0.2) is 4.39 Å². The Morgan fingerprint density at radius 3 is 2.90 bits per heavy atom. The van der Waals surface area contributed by atoms with Gasteiger partial charge in [-0.1, -0.05) is 0 Å². The Balaban J connectivity index is 1.64. The fourth-order valence-electron chi connectivity index (χ4n) is 2.46. The molecule has 2 N–H and O–H groups in total. The highest BCUT2D eigenvalue weighted by molar-refractivity contribution is 5.95. The van der Waals surface area contributed by atoms with Crippen LogP contribution in [0.1, 0.15) is 35.2 Å². The van der Waals surface area contributed by atoms with Crippen LogP contribution in [0.3, 0.4) is 0 Å². The zero-order valence-corrected chi connectivity index (χ0v) is 12.5. The van der Waals surface area contributed by atoms with Gasteiger partial charge >= 0.3 is 0 Å². The number of piperidine rings is 1. The first-order valence-electron chi connectivity index (χ1n) is 7.53. The summed E-state index contributed by atoms with van der Waals surface area (Å²) in [5.41, 5.74) is 1.18. The molecular formula is C16H23FN2O2. The Labute approximate surface area is 125 Å². The lowest BCUT2D eigenvalue weighted by Crippen LogP contribution is -2.33. The molecule has 1 amide bonds. The van der Waals surface area contributed by atoms with E-state index in [4.69, 9.17) is 4.74 Å². The molecule has 0 aromatic heterocycles. The quantitative estimate of drug-likeness (QED) is 0.789. The van der Waals surface area contributed by atoms with Crippen molar-refractivity contribution in [3.8, 4) is 0 Å². The van der Waals surface area contributed by atoms with E-state index in [1.165, 1.54) is 18.2 Å². The van der Waals surface area contributed by atoms with Crippen LogP contribution in [0.5, 0.6) is 0 Å². The predicted octanol–water partition coefficient (Wildman–Crippen LogP) is 2.02. The molecule has 1 aliphatic rings. The van der Waals surface area contributed by atoms with E-state index in [-0.39, 0.29) is 11.7 Å². The van der Waals surface area contributed by atoms with Crippen molar-refractivity contribution in [2.24, 2.45) is 0 Å². The zero-order chi connectivity index (χ0) is 15.1. The van der Waals surface area contributed by atoms with Crippen LogP contribution in [0.4, 0.5) is 4.39 Å². The number of carbonyl (C=O) groups excluding carboxylic acids is 1. The molecule has 116 valence electrons. The summed E-state index contributed by atoms with van der Waals surface area (Å²) < 4.78 is 18.8. The maximum Gasteiger partial charge on any atom is 0.251 e. The average molecular weight is 294 g/mol. The summed E-state index contributed by atoms with van der Waals surface area (Å²) in [6.07, 6.45) is 3.25. The molecule has 0 bridgehead atoms. The van der Waals surface area contributed by atoms with Gasteiger partial charge in [0.15, 0.2) is 0 Å². The van der Waals surface area contributed by atoms with Gasteiger partial charge in [0, 0.05) is 18.7 Å². The summed E-state index contributed by atoms with van der Waals surface area (Å²) in [5.74, 6) is -0.478. The number of hydrogen-bond acceptors (Lipinski definition) is 3. The van der Waals surface area contributed by atoms with E-state index in [9.17, 15) is 9.18 Å². The van der Waals surface area contributed by atoms with Crippen molar-refractivity contribution < 1.29 is 13.9 Å². The van der Waals surface area contributed by atoms with E-state index in [1.54, 1.807) is 6.92 Å². The van der Waals surface area contributed by atoms with Crippen LogP contribution in [0, 0.1) is 12.7 Å². The maximum atomic E-state index is 13.0. The van der Waals surface area contributed by atoms with Crippen molar-refractivity contribution in [3.05, 3.63) is 35.1 Å². The molecule has 1 fully saturated rings. The molecule has 0 spiro atoms. The summed E-state index contributed by atoms with van der Waals surface area (Å²) >= 11 is 0. The van der Waals surface area contributed by atoms with Gasteiger partial charge in [0.2, 0.25) is 0 Å². The van der Waals surface area contributed by atoms with E-state index < -0.39 is 0 Å². The van der Waals surface area contributed by atoms with E-state index in [1.807, 2.05) is 0 Å². The molecule has 2 rings (SSSR count). The van der Waals surface area contributed by atoms with Gasteiger partial charge in [0.25, 0.3) is 5.91 Å². The van der Waals surface area contributed by atoms with E-state index in [0.29, 0.717) is 30.4 Å². The van der Waals surface area contributed by atoms with Crippen molar-refractivity contribution in [1.82, 2.24) is 10.6 Å². The van der Waals surface area contributed by atoms with E-state index in [2.05, 4.69) is 10.6 Å². The van der Waals surface area contributed by atoms with Crippen LogP contribution in [0.2, 0.25) is 0 Å². The number of benzene rings is 1. The lowest BCUT2D eigenvalue weighted by molar-refractivity contribution is 0.0318. The topological polar surface area (TPSA) is 50.4 Å². The maximum absolute atomic E-state index is 13.0. The third kappa shape index (κ3) is 5.10. The molecule has 0 atom stereocenters. The first kappa shape index (κ1) is 15.9. The van der Waals surface area contributed by atoms with Gasteiger partial charge in [0.05, 0.1) is 6.10 Å². The molecule has 1 aromatic rings. The standard InChI is InChI=1S/C16H23FN2O2/c1-12-11-13(17)3-4-15(12)16(20)19-7-2-10-21-14-5-8-18-9-6-14/h3-4,11,14,18H,2,5-10H2,1H3,(H,19,20). The van der Waals surface area contributed by atoms with E-state index in [0.717, 1.165) is 32.4 Å². The molecule has 4 nitrogen and oxygen atoms in total. The Morgan fingerprint density at radius 1 is 1.43 bits per heavy atom. The van der Waals surface area contributed by atoms with Crippen LogP contribution in [0.15, 0.2) is 18.2 Å². The molecule has 1 aliphatic heterocycles. The molecule has 0 unspecified atom stereocenters. The molecule has 1 saturated heterocycles. The molecule has 0 saturated carbocycles. The number of nitrogens with one attached hydrogen (secondary N) is 2. The smallest absolute Gasteiger partial charge is 0.251 e. The van der Waals surface area contributed by atoms with Crippen LogP contribution in [-0.4, -0.2) is 38.3 Å². The van der Waals surface area contributed by atoms with Gasteiger partial charge < -0.3 is 15.4 Å². The zero-order valence-electron chi connectivity index (χ0n) is 12.5. The summed E-state index contributed by atoms with van der Waals surface area (Å²) in [6.45, 7) is 5.00. The van der Waals surface area contributed by atoms with Crippen LogP contribution in [0.25, 0.3) is 0 Å². The number of aryl methyl sites for hydroxylation is 1. The number of carbonyl (C=O) groups is 1. The van der Waals surface area contributed by atoms with Gasteiger partial charge in [-0.15, -0.1) is 0 Å². The minimum Gasteiger partial charge on any atom is -0.378 e. The molecule has 21 heavy (non-hydrogen) atoms. The minimum atomic E-state index is -0.320. The van der Waals surface area contributed by atoms with Crippen molar-refractivity contribution in [3.63, 3.8) is 0 Å². The second-order valence-electron chi connectivity index (χ2n) is 5.39. The van der Waals surface area contributed by atoms with Crippen LogP contribution < -0.4 is 10.6 Å². The highest BCUT2D eigenvalue weighted by Gasteiger charge is 2.13. The highest BCUT2D eigenvalue weighted by Crippen LogP contribution is 2.10. The van der Waals surface area contributed by atoms with E-state index >= 15 is 0 Å². The highest BCUT2D eigenvalue weighted by atomic mass is 19.1. The monoisotopic (exact) mass is 294 g/mol. The third-order valence-electron chi connectivity index (χ3n) is 3.68. The summed E-state index contributed by atoms with van der Waals surface area (Å²) in [7, 11) is 0. The Morgan fingerprint density at radius 2 is 2.19 bits per heavy atom. The van der Waals surface area contributed by atoms with Gasteiger partial charge in [0.1, 0.15) is 5.82 Å². The molecular weight excluding hydrogens is 271 g/mol. The lowest BCUT2D eigenvalue weighted by Gasteiger charge is -2.22. The third-order valence-corrected chi connectivity index (χ3v) is 3.68. The Bertz CT molecular complexity index is 473. The predicted molar refractivity (Wildman–Crippen MR) is 79.9 cm³/mol. The fourth-order valence-corrected chi connectivity index (χ4v) is 2.46. The first-order chi connectivity index (χ1) is 10.2. The Kier molecular flexibility index (Phi) is 6.14. The molecule has 1 aromatic carbocycles. The summed E-state index contributed by atoms with van der Waals surface area (Å²) in [4.78, 5) is 12.0. The molecule has 0 radical (unpaired) electrons. The number of ether oxygens (including phenoxy) is 1. The minimum absolute atomic E-state index is 0.158. The molecule has 0 aliphatic carbocycles. The van der Waals surface area contributed by atoms with Crippen molar-refractivity contribution >= 4 is 5.91 Å². The van der Waals surface area contributed by atoms with Gasteiger partial charge in [-0.05, 0) is 63.0 Å². The Hall–Kier alpha value is -1.46. The first-order valence-corrected chi connectivity index (χ1v) is 7.53. The fraction of sp³-hybridized carbons (Fsp3) is 0.562. The second kappa shape index (κ2) is 8.10. The number of halogens is 1. The summed E-state index contributed by atoms with van der Waals surface area (Å²) in [5, 5.41) is 6.14. The number of hydrogen-bond donors (Lipinski definition) is 2. The lowest BCUT2D eigenvalue weighted by atomic mass is 10.1. The SMILES string of the molecule is Cc1cc(F)ccc1C(=O)NCCCOC1CCNCC1. The van der Waals surface area contributed by atoms with Crippen molar-refractivity contribution in [2.75, 3.05) is 26.2 Å². The molecule has 1 heterocycles. The van der Waals surface area contributed by atoms with Crippen LogP contribution >= 0.6 is 0 Å². The normalized spacial score (nSPS) is 15.9. The number of amides is 1. The average Bonchev–Trinajstić information content (AvgIpc) is 2.47. The second-order valence-corrected chi connectivity index (χ2v) is 5.39.